The van der Waals surface area contributed by atoms with Crippen LogP contribution < -0.4 is 0 Å². The number of fused-ring (bicyclic) bond motifs is 1. The molecule has 1 aliphatic rings. The first kappa shape index (κ1) is 7.71. The standard InChI is InChI=1S/C10H10F2/c1-6-2-3-7-8(11)4-5-9(12)10(6)7/h4-6H,2-3H2,1H3. The van der Waals surface area contributed by atoms with Crippen LogP contribution in [0.3, 0.4) is 0 Å². The summed E-state index contributed by atoms with van der Waals surface area (Å²) in [4.78, 5) is 0. The van der Waals surface area contributed by atoms with Crippen LogP contribution >= 0.6 is 0 Å². The number of hydrogen-bond acceptors (Lipinski definition) is 0. The van der Waals surface area contributed by atoms with Gasteiger partial charge in [-0.15, -0.1) is 0 Å². The molecule has 0 saturated carbocycles. The van der Waals surface area contributed by atoms with Crippen LogP contribution in [-0.2, 0) is 6.42 Å². The second kappa shape index (κ2) is 2.54. The van der Waals surface area contributed by atoms with Gasteiger partial charge in [-0.05, 0) is 42.0 Å². The molecule has 0 radical (unpaired) electrons. The van der Waals surface area contributed by atoms with Gasteiger partial charge in [-0.1, -0.05) is 6.92 Å². The molecule has 0 spiro atoms. The zero-order valence-electron chi connectivity index (χ0n) is 6.90. The van der Waals surface area contributed by atoms with E-state index in [1.54, 1.807) is 0 Å². The smallest absolute Gasteiger partial charge is 0.127 e. The molecule has 0 fully saturated rings. The highest BCUT2D eigenvalue weighted by Crippen LogP contribution is 2.35. The summed E-state index contributed by atoms with van der Waals surface area (Å²) in [6.07, 6.45) is 1.55. The Morgan fingerprint density at radius 1 is 1.25 bits per heavy atom. The maximum Gasteiger partial charge on any atom is 0.127 e. The van der Waals surface area contributed by atoms with Crippen molar-refractivity contribution in [2.24, 2.45) is 0 Å². The summed E-state index contributed by atoms with van der Waals surface area (Å²) in [5.74, 6) is -0.331. The highest BCUT2D eigenvalue weighted by atomic mass is 19.1. The van der Waals surface area contributed by atoms with Crippen LogP contribution in [-0.4, -0.2) is 0 Å². The van der Waals surface area contributed by atoms with E-state index >= 15 is 0 Å². The number of halogens is 2. The average molecular weight is 168 g/mol. The van der Waals surface area contributed by atoms with Crippen LogP contribution in [0.2, 0.25) is 0 Å². The Bertz CT molecular complexity index is 318. The molecule has 0 aromatic heterocycles. The predicted molar refractivity (Wildman–Crippen MR) is 43.1 cm³/mol. The van der Waals surface area contributed by atoms with Crippen molar-refractivity contribution in [2.45, 2.75) is 25.7 Å². The van der Waals surface area contributed by atoms with Crippen LogP contribution in [0.4, 0.5) is 8.78 Å². The van der Waals surface area contributed by atoms with Crippen molar-refractivity contribution < 1.29 is 8.78 Å². The largest absolute Gasteiger partial charge is 0.207 e. The minimum atomic E-state index is -0.254. The number of rotatable bonds is 0. The van der Waals surface area contributed by atoms with Gasteiger partial charge in [-0.2, -0.15) is 0 Å². The maximum atomic E-state index is 13.2. The lowest BCUT2D eigenvalue weighted by Crippen LogP contribution is -1.94. The zero-order chi connectivity index (χ0) is 8.72. The molecule has 2 rings (SSSR count). The molecule has 0 aliphatic heterocycles. The van der Waals surface area contributed by atoms with E-state index in [1.807, 2.05) is 6.92 Å². The maximum absolute atomic E-state index is 13.2. The lowest BCUT2D eigenvalue weighted by atomic mass is 10.0. The summed E-state index contributed by atoms with van der Waals surface area (Å²) in [5, 5.41) is 0. The molecule has 0 bridgehead atoms. The van der Waals surface area contributed by atoms with Crippen LogP contribution in [0.15, 0.2) is 12.1 Å². The minimum Gasteiger partial charge on any atom is -0.207 e. The first-order chi connectivity index (χ1) is 5.70. The summed E-state index contributed by atoms with van der Waals surface area (Å²) in [7, 11) is 0. The van der Waals surface area contributed by atoms with Crippen molar-refractivity contribution in [2.75, 3.05) is 0 Å². The van der Waals surface area contributed by atoms with Gasteiger partial charge in [0.1, 0.15) is 11.6 Å². The van der Waals surface area contributed by atoms with Crippen molar-refractivity contribution in [3.05, 3.63) is 34.9 Å². The first-order valence-electron chi connectivity index (χ1n) is 4.17. The molecule has 0 N–H and O–H groups in total. The minimum absolute atomic E-state index is 0.177. The molecule has 2 heteroatoms. The average Bonchev–Trinajstić information content (AvgIpc) is 2.42. The van der Waals surface area contributed by atoms with Crippen molar-refractivity contribution in [1.29, 1.82) is 0 Å². The van der Waals surface area contributed by atoms with Crippen molar-refractivity contribution in [1.82, 2.24) is 0 Å². The number of hydrogen-bond donors (Lipinski definition) is 0. The summed E-state index contributed by atoms with van der Waals surface area (Å²) >= 11 is 0. The molecular formula is C10H10F2. The Labute approximate surface area is 70.2 Å². The van der Waals surface area contributed by atoms with E-state index in [0.29, 0.717) is 17.5 Å². The quantitative estimate of drug-likeness (QED) is 0.558. The highest BCUT2D eigenvalue weighted by molar-refractivity contribution is 5.36. The number of benzene rings is 1. The second-order valence-corrected chi connectivity index (χ2v) is 3.36. The van der Waals surface area contributed by atoms with Crippen LogP contribution in [0.1, 0.15) is 30.4 Å². The van der Waals surface area contributed by atoms with Crippen LogP contribution in [0, 0.1) is 11.6 Å². The Kier molecular flexibility index (Phi) is 1.63. The lowest BCUT2D eigenvalue weighted by molar-refractivity contribution is 0.578. The molecule has 0 nitrogen and oxygen atoms in total. The van der Waals surface area contributed by atoms with E-state index in [0.717, 1.165) is 6.42 Å². The summed E-state index contributed by atoms with van der Waals surface area (Å²) in [6.45, 7) is 1.94. The van der Waals surface area contributed by atoms with E-state index in [2.05, 4.69) is 0 Å². The summed E-state index contributed by atoms with van der Waals surface area (Å²) in [5.41, 5.74) is 1.18. The van der Waals surface area contributed by atoms with E-state index < -0.39 is 0 Å². The predicted octanol–water partition coefficient (Wildman–Crippen LogP) is 3.01. The normalized spacial score (nSPS) is 21.1. The van der Waals surface area contributed by atoms with E-state index in [4.69, 9.17) is 0 Å². The van der Waals surface area contributed by atoms with E-state index in [-0.39, 0.29) is 17.6 Å². The van der Waals surface area contributed by atoms with E-state index in [1.165, 1.54) is 12.1 Å². The molecule has 1 aromatic rings. The van der Waals surface area contributed by atoms with Crippen LogP contribution in [0.25, 0.3) is 0 Å². The van der Waals surface area contributed by atoms with Gasteiger partial charge < -0.3 is 0 Å². The van der Waals surface area contributed by atoms with Gasteiger partial charge in [0.25, 0.3) is 0 Å². The monoisotopic (exact) mass is 168 g/mol. The molecule has 1 aromatic carbocycles. The SMILES string of the molecule is CC1CCc2c(F)ccc(F)c21. The molecule has 64 valence electrons. The molecular weight excluding hydrogens is 158 g/mol. The molecule has 1 atom stereocenters. The molecule has 0 saturated heterocycles. The molecule has 0 amide bonds. The van der Waals surface area contributed by atoms with Crippen molar-refractivity contribution in [3.8, 4) is 0 Å². The van der Waals surface area contributed by atoms with Crippen LogP contribution in [0.5, 0.6) is 0 Å². The van der Waals surface area contributed by atoms with Gasteiger partial charge in [-0.25, -0.2) is 8.78 Å². The molecule has 12 heavy (non-hydrogen) atoms. The topological polar surface area (TPSA) is 0 Å². The van der Waals surface area contributed by atoms with Crippen molar-refractivity contribution in [3.63, 3.8) is 0 Å². The highest BCUT2D eigenvalue weighted by Gasteiger charge is 2.24. The third-order valence-electron chi connectivity index (χ3n) is 2.57. The Hall–Kier alpha value is -0.920. The summed E-state index contributed by atoms with van der Waals surface area (Å²) < 4.78 is 26.2. The first-order valence-corrected chi connectivity index (χ1v) is 4.17. The van der Waals surface area contributed by atoms with Gasteiger partial charge in [-0.3, -0.25) is 0 Å². The lowest BCUT2D eigenvalue weighted by Gasteiger charge is -2.05. The molecule has 1 aliphatic carbocycles. The summed E-state index contributed by atoms with van der Waals surface area (Å²) in [6, 6.07) is 2.43. The van der Waals surface area contributed by atoms with Crippen molar-refractivity contribution >= 4 is 0 Å². The molecule has 1 unspecified atom stereocenters. The van der Waals surface area contributed by atoms with Gasteiger partial charge in [0.05, 0.1) is 0 Å². The van der Waals surface area contributed by atoms with Gasteiger partial charge in [0.15, 0.2) is 0 Å². The molecule has 0 heterocycles. The van der Waals surface area contributed by atoms with E-state index in [9.17, 15) is 8.78 Å². The van der Waals surface area contributed by atoms with Gasteiger partial charge in [0, 0.05) is 0 Å². The van der Waals surface area contributed by atoms with Gasteiger partial charge >= 0.3 is 0 Å². The second-order valence-electron chi connectivity index (χ2n) is 3.36. The third-order valence-corrected chi connectivity index (χ3v) is 2.57. The Balaban J connectivity index is 2.64. The van der Waals surface area contributed by atoms with Gasteiger partial charge in [0.2, 0.25) is 0 Å². The Morgan fingerprint density at radius 3 is 2.58 bits per heavy atom. The fourth-order valence-corrected chi connectivity index (χ4v) is 1.90. The fourth-order valence-electron chi connectivity index (χ4n) is 1.90. The Morgan fingerprint density at radius 2 is 1.92 bits per heavy atom. The third kappa shape index (κ3) is 0.942. The fraction of sp³-hybridized carbons (Fsp3) is 0.400. The zero-order valence-corrected chi connectivity index (χ0v) is 6.90.